The van der Waals surface area contributed by atoms with Crippen LogP contribution in [0.2, 0.25) is 0 Å². The number of imidazole rings is 1. The zero-order valence-electron chi connectivity index (χ0n) is 14.2. The Morgan fingerprint density at radius 3 is 2.77 bits per heavy atom. The molecule has 7 nitrogen and oxygen atoms in total. The van der Waals surface area contributed by atoms with Gasteiger partial charge in [0.2, 0.25) is 5.78 Å². The summed E-state index contributed by atoms with van der Waals surface area (Å²) in [6, 6.07) is 13.0. The van der Waals surface area contributed by atoms with Gasteiger partial charge in [0.25, 0.3) is 0 Å². The van der Waals surface area contributed by atoms with E-state index in [0.29, 0.717) is 28.0 Å². The molecule has 0 radical (unpaired) electrons. The van der Waals surface area contributed by atoms with Gasteiger partial charge < -0.3 is 9.47 Å². The molecule has 0 atom stereocenters. The van der Waals surface area contributed by atoms with Crippen molar-refractivity contribution in [1.82, 2.24) is 19.6 Å². The van der Waals surface area contributed by atoms with Gasteiger partial charge in [-0.05, 0) is 30.3 Å². The van der Waals surface area contributed by atoms with Gasteiger partial charge in [0.15, 0.2) is 22.4 Å². The molecule has 8 heteroatoms. The second-order valence-corrected chi connectivity index (χ2v) is 6.49. The molecule has 2 heterocycles. The maximum Gasteiger partial charge on any atom is 0.231 e. The predicted molar refractivity (Wildman–Crippen MR) is 99.4 cm³/mol. The van der Waals surface area contributed by atoms with Gasteiger partial charge in [0.05, 0.1) is 31.0 Å². The highest BCUT2D eigenvalue weighted by molar-refractivity contribution is 7.99. The van der Waals surface area contributed by atoms with E-state index in [-0.39, 0.29) is 11.5 Å². The molecule has 4 rings (SSSR count). The number of carbonyl (C=O) groups excluding carboxylic acids is 1. The van der Waals surface area contributed by atoms with Crippen LogP contribution in [0.5, 0.6) is 11.5 Å². The van der Waals surface area contributed by atoms with Crippen LogP contribution in [0.15, 0.2) is 47.6 Å². The maximum absolute atomic E-state index is 12.6. The van der Waals surface area contributed by atoms with Crippen LogP contribution in [0.25, 0.3) is 16.8 Å². The highest BCUT2D eigenvalue weighted by Crippen LogP contribution is 2.29. The minimum Gasteiger partial charge on any atom is -0.493 e. The molecule has 0 fully saturated rings. The number of hydrogen-bond acceptors (Lipinski definition) is 6. The van der Waals surface area contributed by atoms with E-state index in [4.69, 9.17) is 9.47 Å². The normalized spacial score (nSPS) is 11.2. The Hall–Kier alpha value is -3.00. The first kappa shape index (κ1) is 16.5. The van der Waals surface area contributed by atoms with Crippen LogP contribution in [0.4, 0.5) is 0 Å². The molecule has 0 aliphatic carbocycles. The Balaban J connectivity index is 1.57. The molecule has 0 aliphatic heterocycles. The number of rotatable bonds is 6. The Morgan fingerprint density at radius 1 is 1.15 bits per heavy atom. The zero-order chi connectivity index (χ0) is 18.1. The largest absolute Gasteiger partial charge is 0.493 e. The minimum atomic E-state index is -0.0171. The van der Waals surface area contributed by atoms with Crippen LogP contribution < -0.4 is 9.47 Å². The van der Waals surface area contributed by atoms with E-state index >= 15 is 0 Å². The fourth-order valence-corrected chi connectivity index (χ4v) is 3.61. The summed E-state index contributed by atoms with van der Waals surface area (Å²) in [5, 5.41) is 7.88. The molecule has 132 valence electrons. The number of ether oxygens (including phenoxy) is 2. The van der Waals surface area contributed by atoms with Crippen molar-refractivity contribution in [2.45, 2.75) is 5.16 Å². The van der Waals surface area contributed by atoms with E-state index in [0.717, 1.165) is 11.0 Å². The summed E-state index contributed by atoms with van der Waals surface area (Å²) in [5.74, 6) is 2.02. The second-order valence-electron chi connectivity index (χ2n) is 5.55. The van der Waals surface area contributed by atoms with E-state index in [1.807, 2.05) is 28.7 Å². The number of nitrogens with one attached hydrogen (secondary N) is 1. The third-order valence-corrected chi connectivity index (χ3v) is 4.98. The van der Waals surface area contributed by atoms with E-state index in [2.05, 4.69) is 15.2 Å². The molecule has 0 spiro atoms. The van der Waals surface area contributed by atoms with Gasteiger partial charge in [0, 0.05) is 5.56 Å². The van der Waals surface area contributed by atoms with Crippen LogP contribution in [-0.2, 0) is 0 Å². The van der Waals surface area contributed by atoms with Gasteiger partial charge in [0.1, 0.15) is 0 Å². The van der Waals surface area contributed by atoms with Crippen molar-refractivity contribution in [2.24, 2.45) is 0 Å². The standard InChI is InChI=1S/C18H16N4O3S/c1-24-15-8-7-11(9-16(15)25-2)14(23)10-26-18-21-20-17-19-12-5-3-4-6-13(12)22(17)18/h3-9H,10H2,1-2H3,(H,19,20). The number of nitrogens with zero attached hydrogens (tertiary/aromatic N) is 3. The summed E-state index contributed by atoms with van der Waals surface area (Å²) >= 11 is 1.36. The van der Waals surface area contributed by atoms with Crippen molar-refractivity contribution >= 4 is 34.4 Å². The maximum atomic E-state index is 12.6. The molecule has 0 unspecified atom stereocenters. The van der Waals surface area contributed by atoms with Crippen molar-refractivity contribution in [3.05, 3.63) is 48.0 Å². The van der Waals surface area contributed by atoms with Crippen LogP contribution in [0.1, 0.15) is 10.4 Å². The summed E-state index contributed by atoms with van der Waals surface area (Å²) in [4.78, 5) is 17.0. The van der Waals surface area contributed by atoms with Crippen LogP contribution in [0.3, 0.4) is 0 Å². The number of benzene rings is 2. The first-order valence-corrected chi connectivity index (χ1v) is 8.89. The lowest BCUT2D eigenvalue weighted by molar-refractivity contribution is 0.102. The zero-order valence-corrected chi connectivity index (χ0v) is 15.0. The predicted octanol–water partition coefficient (Wildman–Crippen LogP) is 3.20. The molecule has 0 amide bonds. The number of carbonyl (C=O) groups is 1. The lowest BCUT2D eigenvalue weighted by Crippen LogP contribution is -2.04. The molecule has 0 saturated carbocycles. The number of aromatic nitrogens is 4. The summed E-state index contributed by atoms with van der Waals surface area (Å²) in [6.07, 6.45) is 0. The van der Waals surface area contributed by atoms with Crippen molar-refractivity contribution in [2.75, 3.05) is 20.0 Å². The van der Waals surface area contributed by atoms with E-state index in [1.54, 1.807) is 32.4 Å². The van der Waals surface area contributed by atoms with E-state index < -0.39 is 0 Å². The van der Waals surface area contributed by atoms with Crippen molar-refractivity contribution < 1.29 is 14.3 Å². The van der Waals surface area contributed by atoms with Gasteiger partial charge in [-0.2, -0.15) is 0 Å². The Labute approximate surface area is 153 Å². The van der Waals surface area contributed by atoms with Gasteiger partial charge >= 0.3 is 0 Å². The topological polar surface area (TPSA) is 81.5 Å². The third-order valence-electron chi connectivity index (χ3n) is 4.04. The van der Waals surface area contributed by atoms with Crippen LogP contribution in [-0.4, -0.2) is 45.3 Å². The van der Waals surface area contributed by atoms with Crippen LogP contribution in [0, 0.1) is 0 Å². The fourth-order valence-electron chi connectivity index (χ4n) is 2.76. The number of thioether (sulfide) groups is 1. The van der Waals surface area contributed by atoms with Crippen molar-refractivity contribution in [3.63, 3.8) is 0 Å². The van der Waals surface area contributed by atoms with Gasteiger partial charge in [-0.25, -0.2) is 10.1 Å². The number of ketones is 1. The average Bonchev–Trinajstić information content (AvgIpc) is 3.24. The van der Waals surface area contributed by atoms with Gasteiger partial charge in [-0.15, -0.1) is 5.10 Å². The molecule has 2 aromatic heterocycles. The van der Waals surface area contributed by atoms with Gasteiger partial charge in [-0.3, -0.25) is 9.20 Å². The number of methoxy groups -OCH3 is 2. The summed E-state index contributed by atoms with van der Waals surface area (Å²) in [5.41, 5.74) is 2.41. The summed E-state index contributed by atoms with van der Waals surface area (Å²) < 4.78 is 12.4. The lowest BCUT2D eigenvalue weighted by Gasteiger charge is -2.08. The fraction of sp³-hybridized carbons (Fsp3) is 0.167. The highest BCUT2D eigenvalue weighted by atomic mass is 32.2. The van der Waals surface area contributed by atoms with Crippen molar-refractivity contribution in [3.8, 4) is 11.5 Å². The monoisotopic (exact) mass is 368 g/mol. The van der Waals surface area contributed by atoms with Crippen LogP contribution >= 0.6 is 11.8 Å². The summed E-state index contributed by atoms with van der Waals surface area (Å²) in [6.45, 7) is 0. The molecule has 26 heavy (non-hydrogen) atoms. The Kier molecular flexibility index (Phi) is 4.26. The molecule has 1 N–H and O–H groups in total. The molecule has 0 saturated heterocycles. The smallest absolute Gasteiger partial charge is 0.231 e. The highest BCUT2D eigenvalue weighted by Gasteiger charge is 2.15. The Morgan fingerprint density at radius 2 is 1.96 bits per heavy atom. The Bertz CT molecular complexity index is 1100. The molecular weight excluding hydrogens is 352 g/mol. The van der Waals surface area contributed by atoms with Gasteiger partial charge in [-0.1, -0.05) is 23.9 Å². The first-order valence-electron chi connectivity index (χ1n) is 7.91. The number of hydrogen-bond donors (Lipinski definition) is 1. The molecule has 0 bridgehead atoms. The molecule has 0 aliphatic rings. The number of aromatic amines is 1. The number of fused-ring (bicyclic) bond motifs is 3. The SMILES string of the molecule is COc1ccc(C(=O)CSc2n[nH]c3nc4ccccc4n23)cc1OC. The first-order chi connectivity index (χ1) is 12.7. The minimum absolute atomic E-state index is 0.0171. The summed E-state index contributed by atoms with van der Waals surface area (Å²) in [7, 11) is 3.11. The molecular formula is C18H16N4O3S. The lowest BCUT2D eigenvalue weighted by atomic mass is 10.1. The van der Waals surface area contributed by atoms with E-state index in [9.17, 15) is 4.79 Å². The number of H-pyrrole nitrogens is 1. The molecule has 4 aromatic rings. The average molecular weight is 368 g/mol. The third kappa shape index (κ3) is 2.78. The number of Topliss-reactive ketones (excluding diaryl/α,β-unsaturated/α-hetero) is 1. The second kappa shape index (κ2) is 6.72. The molecule has 2 aromatic carbocycles. The van der Waals surface area contributed by atoms with E-state index in [1.165, 1.54) is 11.8 Å². The van der Waals surface area contributed by atoms with Crippen molar-refractivity contribution in [1.29, 1.82) is 0 Å². The number of para-hydroxylation sites is 2. The quantitative estimate of drug-likeness (QED) is 0.416.